The zero-order valence-corrected chi connectivity index (χ0v) is 25.7. The van der Waals surface area contributed by atoms with Crippen LogP contribution >= 0.6 is 0 Å². The smallest absolute Gasteiger partial charge is 0.433 e. The third kappa shape index (κ3) is 7.88. The van der Waals surface area contributed by atoms with Crippen LogP contribution in [0.3, 0.4) is 0 Å². The molecule has 2 fully saturated rings. The highest BCUT2D eigenvalue weighted by molar-refractivity contribution is 5.95. The molecule has 11 heteroatoms. The maximum Gasteiger partial charge on any atom is 0.433 e. The van der Waals surface area contributed by atoms with Gasteiger partial charge in [-0.1, -0.05) is 76.1 Å². The molecule has 0 spiro atoms. The highest BCUT2D eigenvalue weighted by Crippen LogP contribution is 2.32. The molecule has 2 aliphatic heterocycles. The van der Waals surface area contributed by atoms with Crippen molar-refractivity contribution in [3.63, 3.8) is 0 Å². The van der Waals surface area contributed by atoms with Crippen molar-refractivity contribution in [2.75, 3.05) is 13.1 Å². The summed E-state index contributed by atoms with van der Waals surface area (Å²) < 4.78 is 0. The van der Waals surface area contributed by atoms with Crippen molar-refractivity contribution >= 4 is 23.8 Å². The summed E-state index contributed by atoms with van der Waals surface area (Å²) in [6, 6.07) is 13.5. The predicted octanol–water partition coefficient (Wildman–Crippen LogP) is 3.95. The van der Waals surface area contributed by atoms with E-state index in [9.17, 15) is 29.4 Å². The van der Waals surface area contributed by atoms with Crippen LogP contribution in [0.5, 0.6) is 5.75 Å². The SMILES string of the molecule is CCCC[C@@H](C(=O)NCCCC(C)C)N1CC2N(C(=O)O)OC(Cc3ccccc3)C(=O)N2C(Cc2ccc(O)cc2)C1=O. The van der Waals surface area contributed by atoms with Gasteiger partial charge in [0.05, 0.1) is 6.54 Å². The van der Waals surface area contributed by atoms with Crippen LogP contribution in [0.4, 0.5) is 4.79 Å². The molecule has 0 aliphatic carbocycles. The van der Waals surface area contributed by atoms with E-state index in [1.165, 1.54) is 21.9 Å². The molecule has 3 unspecified atom stereocenters. The minimum absolute atomic E-state index is 0.0550. The molecule has 2 aliphatic rings. The minimum atomic E-state index is -1.40. The summed E-state index contributed by atoms with van der Waals surface area (Å²) >= 11 is 0. The number of hydrogen-bond donors (Lipinski definition) is 3. The van der Waals surface area contributed by atoms with Crippen molar-refractivity contribution in [2.24, 2.45) is 5.92 Å². The number of benzene rings is 2. The summed E-state index contributed by atoms with van der Waals surface area (Å²) in [5, 5.41) is 23.8. The number of nitrogens with zero attached hydrogens (tertiary/aromatic N) is 3. The highest BCUT2D eigenvalue weighted by Gasteiger charge is 2.54. The quantitative estimate of drug-likeness (QED) is 0.293. The summed E-state index contributed by atoms with van der Waals surface area (Å²) in [5.74, 6) is -0.656. The van der Waals surface area contributed by atoms with Crippen LogP contribution in [0.15, 0.2) is 54.6 Å². The molecule has 4 rings (SSSR count). The van der Waals surface area contributed by atoms with Gasteiger partial charge in [-0.25, -0.2) is 4.79 Å². The van der Waals surface area contributed by atoms with Crippen LogP contribution in [0.1, 0.15) is 64.0 Å². The van der Waals surface area contributed by atoms with Crippen molar-refractivity contribution in [1.82, 2.24) is 20.2 Å². The Morgan fingerprint density at radius 1 is 0.955 bits per heavy atom. The molecule has 2 heterocycles. The molecule has 2 aromatic rings. The largest absolute Gasteiger partial charge is 0.508 e. The van der Waals surface area contributed by atoms with E-state index in [-0.39, 0.29) is 31.0 Å². The number of amides is 4. The number of aromatic hydroxyl groups is 1. The van der Waals surface area contributed by atoms with Crippen LogP contribution in [0.25, 0.3) is 0 Å². The van der Waals surface area contributed by atoms with E-state index >= 15 is 0 Å². The van der Waals surface area contributed by atoms with Gasteiger partial charge < -0.3 is 25.3 Å². The van der Waals surface area contributed by atoms with E-state index in [0.29, 0.717) is 30.9 Å². The average Bonchev–Trinajstić information content (AvgIpc) is 3.00. The second-order valence-corrected chi connectivity index (χ2v) is 12.0. The van der Waals surface area contributed by atoms with E-state index in [4.69, 9.17) is 4.84 Å². The Morgan fingerprint density at radius 3 is 2.27 bits per heavy atom. The number of phenolic OH excluding ortho intramolecular Hbond substituents is 1. The zero-order chi connectivity index (χ0) is 31.8. The summed E-state index contributed by atoms with van der Waals surface area (Å²) in [6.07, 6.45) is 0.116. The molecule has 4 amide bonds. The Balaban J connectivity index is 1.69. The van der Waals surface area contributed by atoms with Gasteiger partial charge in [0.2, 0.25) is 11.8 Å². The Bertz CT molecular complexity index is 1290. The molecule has 238 valence electrons. The molecule has 2 aromatic carbocycles. The van der Waals surface area contributed by atoms with Gasteiger partial charge in [0.1, 0.15) is 17.8 Å². The lowest BCUT2D eigenvalue weighted by Crippen LogP contribution is -2.75. The molecule has 0 radical (unpaired) electrons. The zero-order valence-electron chi connectivity index (χ0n) is 25.7. The minimum Gasteiger partial charge on any atom is -0.508 e. The van der Waals surface area contributed by atoms with E-state index in [1.54, 1.807) is 12.1 Å². The van der Waals surface area contributed by atoms with Gasteiger partial charge in [-0.05, 0) is 48.4 Å². The fourth-order valence-electron chi connectivity index (χ4n) is 5.89. The molecular weight excluding hydrogens is 564 g/mol. The van der Waals surface area contributed by atoms with Crippen molar-refractivity contribution in [2.45, 2.75) is 90.1 Å². The molecular formula is C33H44N4O7. The van der Waals surface area contributed by atoms with Crippen LogP contribution in [0, 0.1) is 5.92 Å². The van der Waals surface area contributed by atoms with Gasteiger partial charge in [-0.2, -0.15) is 5.06 Å². The molecule has 3 N–H and O–H groups in total. The van der Waals surface area contributed by atoms with Gasteiger partial charge in [0, 0.05) is 19.4 Å². The van der Waals surface area contributed by atoms with Crippen LogP contribution < -0.4 is 5.32 Å². The van der Waals surface area contributed by atoms with Crippen molar-refractivity contribution < 1.29 is 34.2 Å². The lowest BCUT2D eigenvalue weighted by molar-refractivity contribution is -0.265. The number of carbonyl (C=O) groups is 4. The number of rotatable bonds is 13. The van der Waals surface area contributed by atoms with E-state index in [2.05, 4.69) is 19.2 Å². The van der Waals surface area contributed by atoms with Gasteiger partial charge in [-0.15, -0.1) is 0 Å². The van der Waals surface area contributed by atoms with Crippen LogP contribution in [-0.2, 0) is 32.1 Å². The highest BCUT2D eigenvalue weighted by atomic mass is 16.7. The third-order valence-corrected chi connectivity index (χ3v) is 8.21. The number of fused-ring (bicyclic) bond motifs is 1. The number of nitrogens with one attached hydrogen (secondary N) is 1. The molecule has 0 bridgehead atoms. The van der Waals surface area contributed by atoms with Gasteiger partial charge in [0.25, 0.3) is 5.91 Å². The molecule has 0 saturated carbocycles. The summed E-state index contributed by atoms with van der Waals surface area (Å²) in [6.45, 7) is 6.50. The normalized spacial score (nSPS) is 20.9. The Morgan fingerprint density at radius 2 is 1.64 bits per heavy atom. The fourth-order valence-corrected chi connectivity index (χ4v) is 5.89. The first-order valence-electron chi connectivity index (χ1n) is 15.5. The predicted molar refractivity (Wildman–Crippen MR) is 163 cm³/mol. The van der Waals surface area contributed by atoms with Crippen molar-refractivity contribution in [3.05, 3.63) is 65.7 Å². The topological polar surface area (TPSA) is 140 Å². The van der Waals surface area contributed by atoms with Gasteiger partial charge in [0.15, 0.2) is 12.3 Å². The lowest BCUT2D eigenvalue weighted by atomic mass is 9.95. The van der Waals surface area contributed by atoms with Gasteiger partial charge in [-0.3, -0.25) is 19.2 Å². The Kier molecular flexibility index (Phi) is 11.2. The third-order valence-electron chi connectivity index (χ3n) is 8.21. The lowest BCUT2D eigenvalue weighted by Gasteiger charge is -2.53. The summed E-state index contributed by atoms with van der Waals surface area (Å²) in [4.78, 5) is 63.1. The van der Waals surface area contributed by atoms with Crippen molar-refractivity contribution in [1.29, 1.82) is 0 Å². The molecule has 2 saturated heterocycles. The maximum absolute atomic E-state index is 14.4. The number of hydrogen-bond acceptors (Lipinski definition) is 6. The summed E-state index contributed by atoms with van der Waals surface area (Å²) in [7, 11) is 0. The molecule has 4 atom stereocenters. The maximum atomic E-state index is 14.4. The van der Waals surface area contributed by atoms with E-state index < -0.39 is 42.3 Å². The number of phenols is 1. The standard InChI is InChI=1S/C33H44N4O7/c1-4-5-13-26(30(39)34-18-9-10-22(2)3)35-21-29-36(27(31(35)40)19-24-14-16-25(38)17-15-24)32(41)28(44-37(29)33(42)43)20-23-11-7-6-8-12-23/h6-8,11-12,14-17,22,26-29,38H,4-5,9-10,13,18-21H2,1-3H3,(H,34,39)(H,42,43)/t26-,27?,28?,29?/m0/s1. The first-order chi connectivity index (χ1) is 21.1. The monoisotopic (exact) mass is 608 g/mol. The van der Waals surface area contributed by atoms with Crippen LogP contribution in [-0.4, -0.2) is 86.3 Å². The molecule has 44 heavy (non-hydrogen) atoms. The Hall–Kier alpha value is -4.12. The van der Waals surface area contributed by atoms with Crippen LogP contribution in [0.2, 0.25) is 0 Å². The van der Waals surface area contributed by atoms with Gasteiger partial charge >= 0.3 is 6.09 Å². The fraction of sp³-hybridized carbons (Fsp3) is 0.515. The van der Waals surface area contributed by atoms with E-state index in [1.807, 2.05) is 37.3 Å². The average molecular weight is 609 g/mol. The van der Waals surface area contributed by atoms with Crippen molar-refractivity contribution in [3.8, 4) is 5.75 Å². The number of unbranched alkanes of at least 4 members (excludes halogenated alkanes) is 1. The number of carbonyl (C=O) groups excluding carboxylic acids is 3. The van der Waals surface area contributed by atoms with E-state index in [0.717, 1.165) is 29.9 Å². The number of hydroxylamine groups is 2. The summed E-state index contributed by atoms with van der Waals surface area (Å²) in [5.41, 5.74) is 1.45. The first-order valence-corrected chi connectivity index (χ1v) is 15.5. The number of carboxylic acid groups (broad SMARTS) is 1. The second-order valence-electron chi connectivity index (χ2n) is 12.0. The first kappa shape index (κ1) is 32.8. The molecule has 0 aromatic heterocycles. The Labute approximate surface area is 258 Å². The second kappa shape index (κ2) is 15.1. The molecule has 11 nitrogen and oxygen atoms in total. The number of piperazine rings is 1.